The normalized spacial score (nSPS) is 14.4. The van der Waals surface area contributed by atoms with Gasteiger partial charge < -0.3 is 4.74 Å². The number of unbranched alkanes of at least 4 members (excludes halogenated alkanes) is 1. The van der Waals surface area contributed by atoms with Gasteiger partial charge in [-0.3, -0.25) is 0 Å². The quantitative estimate of drug-likeness (QED) is 0.587. The topological polar surface area (TPSA) is 9.23 Å². The largest absolute Gasteiger partial charge is 0.354 e. The minimum atomic E-state index is -0.720. The lowest BCUT2D eigenvalue weighted by atomic mass is 9.92. The summed E-state index contributed by atoms with van der Waals surface area (Å²) < 4.78 is 6.20. The van der Waals surface area contributed by atoms with Crippen LogP contribution in [0.5, 0.6) is 0 Å². The van der Waals surface area contributed by atoms with Gasteiger partial charge in [-0.05, 0) is 17.5 Å². The van der Waals surface area contributed by atoms with Crippen LogP contribution in [0.25, 0.3) is 11.1 Å². The number of rotatable bonds is 4. The maximum atomic E-state index is 6.20. The minimum absolute atomic E-state index is 0.684. The van der Waals surface area contributed by atoms with E-state index in [-0.39, 0.29) is 0 Å². The van der Waals surface area contributed by atoms with Gasteiger partial charge in [0.15, 0.2) is 5.60 Å². The van der Waals surface area contributed by atoms with Gasteiger partial charge in [0, 0.05) is 17.7 Å². The maximum absolute atomic E-state index is 6.20. The summed E-state index contributed by atoms with van der Waals surface area (Å²) in [5, 5.41) is 0. The molecule has 0 saturated carbocycles. The van der Waals surface area contributed by atoms with Crippen molar-refractivity contribution in [3.05, 3.63) is 59.7 Å². The van der Waals surface area contributed by atoms with Gasteiger partial charge in [-0.15, -0.1) is 6.42 Å². The van der Waals surface area contributed by atoms with Crippen LogP contribution in [0.3, 0.4) is 0 Å². The summed E-state index contributed by atoms with van der Waals surface area (Å²) in [6, 6.07) is 16.6. The number of hydrogen-bond donors (Lipinski definition) is 0. The summed E-state index contributed by atoms with van der Waals surface area (Å²) in [4.78, 5) is 0. The van der Waals surface area contributed by atoms with E-state index in [0.717, 1.165) is 24.0 Å². The fourth-order valence-corrected chi connectivity index (χ4v) is 2.92. The Balaban J connectivity index is 2.16. The summed E-state index contributed by atoms with van der Waals surface area (Å²) in [6.45, 7) is 2.84. The highest BCUT2D eigenvalue weighted by atomic mass is 16.5. The van der Waals surface area contributed by atoms with E-state index < -0.39 is 5.60 Å². The lowest BCUT2D eigenvalue weighted by Gasteiger charge is -2.26. The van der Waals surface area contributed by atoms with Gasteiger partial charge in [0.2, 0.25) is 0 Å². The Hall–Kier alpha value is -2.04. The molecule has 0 heterocycles. The van der Waals surface area contributed by atoms with Gasteiger partial charge in [0.25, 0.3) is 0 Å². The second-order valence-electron chi connectivity index (χ2n) is 5.12. The molecule has 1 nitrogen and oxygen atoms in total. The molecule has 3 rings (SSSR count). The van der Waals surface area contributed by atoms with E-state index in [9.17, 15) is 0 Å². The van der Waals surface area contributed by atoms with Crippen LogP contribution in [0.2, 0.25) is 0 Å². The Morgan fingerprint density at radius 1 is 1.00 bits per heavy atom. The van der Waals surface area contributed by atoms with E-state index in [0.29, 0.717) is 6.61 Å². The van der Waals surface area contributed by atoms with Gasteiger partial charge in [-0.25, -0.2) is 0 Å². The molecule has 1 heteroatoms. The van der Waals surface area contributed by atoms with E-state index in [4.69, 9.17) is 11.2 Å². The van der Waals surface area contributed by atoms with Crippen molar-refractivity contribution in [2.45, 2.75) is 25.4 Å². The number of terminal acetylenes is 1. The van der Waals surface area contributed by atoms with Gasteiger partial charge in [0.1, 0.15) is 0 Å². The lowest BCUT2D eigenvalue weighted by Crippen LogP contribution is -2.27. The highest BCUT2D eigenvalue weighted by Gasteiger charge is 2.42. The first kappa shape index (κ1) is 13.0. The van der Waals surface area contributed by atoms with Gasteiger partial charge in [0.05, 0.1) is 0 Å². The van der Waals surface area contributed by atoms with Crippen molar-refractivity contribution in [3.63, 3.8) is 0 Å². The first-order chi connectivity index (χ1) is 9.83. The Morgan fingerprint density at radius 3 is 2.05 bits per heavy atom. The Morgan fingerprint density at radius 2 is 1.55 bits per heavy atom. The molecule has 0 unspecified atom stereocenters. The number of hydrogen-bond acceptors (Lipinski definition) is 1. The predicted molar refractivity (Wildman–Crippen MR) is 82.4 cm³/mol. The van der Waals surface area contributed by atoms with Crippen molar-refractivity contribution in [2.24, 2.45) is 0 Å². The number of fused-ring (bicyclic) bond motifs is 3. The molecule has 0 fully saturated rings. The molecule has 100 valence electrons. The minimum Gasteiger partial charge on any atom is -0.354 e. The van der Waals surface area contributed by atoms with Gasteiger partial charge >= 0.3 is 0 Å². The van der Waals surface area contributed by atoms with Crippen LogP contribution < -0.4 is 0 Å². The van der Waals surface area contributed by atoms with Crippen molar-refractivity contribution < 1.29 is 4.74 Å². The molecule has 20 heavy (non-hydrogen) atoms. The van der Waals surface area contributed by atoms with Crippen molar-refractivity contribution in [1.29, 1.82) is 0 Å². The van der Waals surface area contributed by atoms with Crippen molar-refractivity contribution in [1.82, 2.24) is 0 Å². The molecule has 1 aliphatic rings. The molecule has 0 saturated heterocycles. The maximum Gasteiger partial charge on any atom is 0.180 e. The van der Waals surface area contributed by atoms with Crippen LogP contribution >= 0.6 is 0 Å². The molecule has 0 aromatic heterocycles. The average molecular weight is 262 g/mol. The zero-order valence-electron chi connectivity index (χ0n) is 11.7. The zero-order chi connectivity index (χ0) is 14.0. The van der Waals surface area contributed by atoms with Crippen molar-refractivity contribution in [2.75, 3.05) is 6.61 Å². The Bertz CT molecular complexity index is 618. The van der Waals surface area contributed by atoms with E-state index in [1.54, 1.807) is 0 Å². The SMILES string of the molecule is C#CC1(OCCCC)c2ccccc2-c2ccccc21. The second kappa shape index (κ2) is 5.15. The molecule has 0 amide bonds. The third-order valence-corrected chi connectivity index (χ3v) is 3.92. The van der Waals surface area contributed by atoms with Crippen LogP contribution in [0.15, 0.2) is 48.5 Å². The molecule has 0 atom stereocenters. The first-order valence-corrected chi connectivity index (χ1v) is 7.14. The van der Waals surface area contributed by atoms with Crippen LogP contribution in [-0.4, -0.2) is 6.61 Å². The third-order valence-electron chi connectivity index (χ3n) is 3.92. The highest BCUT2D eigenvalue weighted by molar-refractivity contribution is 5.82. The monoisotopic (exact) mass is 262 g/mol. The van der Waals surface area contributed by atoms with E-state index in [1.807, 2.05) is 24.3 Å². The highest BCUT2D eigenvalue weighted by Crippen LogP contribution is 2.49. The van der Waals surface area contributed by atoms with Crippen molar-refractivity contribution in [3.8, 4) is 23.5 Å². The van der Waals surface area contributed by atoms with Crippen LogP contribution in [0.1, 0.15) is 30.9 Å². The smallest absolute Gasteiger partial charge is 0.180 e. The standard InChI is InChI=1S/C19H18O/c1-3-5-14-20-19(4-2)17-12-8-6-10-15(17)16-11-7-9-13-18(16)19/h2,6-13H,3,5,14H2,1H3. The van der Waals surface area contributed by atoms with Crippen LogP contribution in [0.4, 0.5) is 0 Å². The van der Waals surface area contributed by atoms with Crippen LogP contribution in [-0.2, 0) is 10.3 Å². The molecular weight excluding hydrogens is 244 g/mol. The summed E-state index contributed by atoms with van der Waals surface area (Å²) in [7, 11) is 0. The molecule has 2 aromatic rings. The van der Waals surface area contributed by atoms with E-state index >= 15 is 0 Å². The van der Waals surface area contributed by atoms with Gasteiger partial charge in [-0.2, -0.15) is 0 Å². The summed E-state index contributed by atoms with van der Waals surface area (Å²) in [5.41, 5.74) is 3.86. The first-order valence-electron chi connectivity index (χ1n) is 7.14. The summed E-state index contributed by atoms with van der Waals surface area (Å²) in [5.74, 6) is 2.93. The fourth-order valence-electron chi connectivity index (χ4n) is 2.92. The van der Waals surface area contributed by atoms with Gasteiger partial charge in [-0.1, -0.05) is 67.8 Å². The molecule has 1 aliphatic carbocycles. The molecule has 0 bridgehead atoms. The average Bonchev–Trinajstić information content (AvgIpc) is 2.79. The van der Waals surface area contributed by atoms with E-state index in [2.05, 4.69) is 37.1 Å². The van der Waals surface area contributed by atoms with E-state index in [1.165, 1.54) is 11.1 Å². The predicted octanol–water partition coefficient (Wildman–Crippen LogP) is 4.36. The second-order valence-corrected chi connectivity index (χ2v) is 5.12. The molecule has 0 radical (unpaired) electrons. The Labute approximate surface area is 120 Å². The molecule has 2 aromatic carbocycles. The fraction of sp³-hybridized carbons (Fsp3) is 0.263. The Kier molecular flexibility index (Phi) is 3.34. The molecule has 0 N–H and O–H groups in total. The number of ether oxygens (including phenoxy) is 1. The third kappa shape index (κ3) is 1.77. The van der Waals surface area contributed by atoms with Crippen LogP contribution in [0, 0.1) is 12.3 Å². The zero-order valence-corrected chi connectivity index (χ0v) is 11.7. The molecular formula is C19H18O. The summed E-state index contributed by atoms with van der Waals surface area (Å²) in [6.07, 6.45) is 8.03. The lowest BCUT2D eigenvalue weighted by molar-refractivity contribution is 0.0280. The van der Waals surface area contributed by atoms with Crippen molar-refractivity contribution >= 4 is 0 Å². The molecule has 0 aliphatic heterocycles. The molecule has 0 spiro atoms. The number of benzene rings is 2. The summed E-state index contributed by atoms with van der Waals surface area (Å²) >= 11 is 0.